The highest BCUT2D eigenvalue weighted by atomic mass is 16.3. The quantitative estimate of drug-likeness (QED) is 0.530. The fourth-order valence-corrected chi connectivity index (χ4v) is 0.947. The van der Waals surface area contributed by atoms with Crippen LogP contribution in [-0.2, 0) is 9.59 Å². The molecule has 0 bridgehead atoms. The number of hydrogen-bond donors (Lipinski definition) is 3. The summed E-state index contributed by atoms with van der Waals surface area (Å²) in [5.74, 6) is -0.717. The largest absolute Gasteiger partial charge is 0.390 e. The van der Waals surface area contributed by atoms with Gasteiger partial charge in [0.2, 0.25) is 11.8 Å². The van der Waals surface area contributed by atoms with Crippen LogP contribution in [0.3, 0.4) is 0 Å². The number of carbonyl (C=O) groups excluding carboxylic acids is 2. The van der Waals surface area contributed by atoms with E-state index in [9.17, 15) is 14.7 Å². The molecule has 0 heterocycles. The molecule has 0 aliphatic heterocycles. The third-order valence-corrected chi connectivity index (χ3v) is 1.69. The van der Waals surface area contributed by atoms with Crippen molar-refractivity contribution >= 4 is 11.8 Å². The standard InChI is InChI=1S/C8H16N2O3/c1-4-6(12)7(8(13)9-3)10-5(2)11/h6-7,12H,4H2,1-3H3,(H,9,13)(H,10,11). The molecule has 0 fully saturated rings. The van der Waals surface area contributed by atoms with Crippen LogP contribution in [0.4, 0.5) is 0 Å². The first-order valence-electron chi connectivity index (χ1n) is 4.19. The Hall–Kier alpha value is -1.10. The van der Waals surface area contributed by atoms with Gasteiger partial charge < -0.3 is 15.7 Å². The molecule has 0 saturated heterocycles. The molecule has 0 spiro atoms. The van der Waals surface area contributed by atoms with Crippen molar-refractivity contribution < 1.29 is 14.7 Å². The van der Waals surface area contributed by atoms with Gasteiger partial charge in [-0.2, -0.15) is 0 Å². The molecule has 76 valence electrons. The maximum absolute atomic E-state index is 11.2. The lowest BCUT2D eigenvalue weighted by Crippen LogP contribution is -2.51. The van der Waals surface area contributed by atoms with Crippen molar-refractivity contribution in [1.82, 2.24) is 10.6 Å². The molecule has 0 saturated carbocycles. The first-order valence-corrected chi connectivity index (χ1v) is 4.19. The molecule has 0 aromatic carbocycles. The second kappa shape index (κ2) is 5.53. The normalized spacial score (nSPS) is 14.5. The zero-order valence-electron chi connectivity index (χ0n) is 8.13. The minimum absolute atomic E-state index is 0.332. The van der Waals surface area contributed by atoms with Gasteiger partial charge in [-0.15, -0.1) is 0 Å². The van der Waals surface area contributed by atoms with Crippen molar-refractivity contribution in [2.45, 2.75) is 32.4 Å². The summed E-state index contributed by atoms with van der Waals surface area (Å²) < 4.78 is 0. The predicted molar refractivity (Wildman–Crippen MR) is 48.0 cm³/mol. The minimum Gasteiger partial charge on any atom is -0.390 e. The van der Waals surface area contributed by atoms with Crippen molar-refractivity contribution in [3.8, 4) is 0 Å². The Kier molecular flexibility index (Phi) is 5.06. The van der Waals surface area contributed by atoms with Gasteiger partial charge in [-0.3, -0.25) is 9.59 Å². The Labute approximate surface area is 77.5 Å². The molecule has 0 aliphatic carbocycles. The van der Waals surface area contributed by atoms with Crippen LogP contribution >= 0.6 is 0 Å². The third-order valence-electron chi connectivity index (χ3n) is 1.69. The number of nitrogens with one attached hydrogen (secondary N) is 2. The number of hydrogen-bond acceptors (Lipinski definition) is 3. The first-order chi connectivity index (χ1) is 6.02. The summed E-state index contributed by atoms with van der Waals surface area (Å²) in [5, 5.41) is 14.1. The lowest BCUT2D eigenvalue weighted by atomic mass is 10.1. The summed E-state index contributed by atoms with van der Waals surface area (Å²) in [5.41, 5.74) is 0. The van der Waals surface area contributed by atoms with Crippen LogP contribution in [0.2, 0.25) is 0 Å². The van der Waals surface area contributed by atoms with Crippen LogP contribution in [0.25, 0.3) is 0 Å². The summed E-state index contributed by atoms with van der Waals surface area (Å²) in [6.07, 6.45) is -0.429. The van der Waals surface area contributed by atoms with E-state index < -0.39 is 12.1 Å². The maximum atomic E-state index is 11.2. The Morgan fingerprint density at radius 2 is 2.00 bits per heavy atom. The fourth-order valence-electron chi connectivity index (χ4n) is 0.947. The summed E-state index contributed by atoms with van der Waals surface area (Å²) >= 11 is 0. The van der Waals surface area contributed by atoms with Gasteiger partial charge in [-0.1, -0.05) is 6.92 Å². The summed E-state index contributed by atoms with van der Waals surface area (Å²) in [6, 6.07) is -0.854. The molecular formula is C8H16N2O3. The van der Waals surface area contributed by atoms with E-state index in [0.29, 0.717) is 6.42 Å². The molecule has 5 heteroatoms. The van der Waals surface area contributed by atoms with E-state index in [1.54, 1.807) is 6.92 Å². The Morgan fingerprint density at radius 3 is 2.31 bits per heavy atom. The lowest BCUT2D eigenvalue weighted by molar-refractivity contribution is -0.130. The van der Waals surface area contributed by atoms with Gasteiger partial charge in [0.15, 0.2) is 0 Å². The van der Waals surface area contributed by atoms with Gasteiger partial charge in [-0.25, -0.2) is 0 Å². The molecule has 0 aromatic heterocycles. The molecule has 0 aromatic rings. The number of amides is 2. The van der Waals surface area contributed by atoms with Gasteiger partial charge in [-0.05, 0) is 6.42 Å². The molecule has 3 N–H and O–H groups in total. The van der Waals surface area contributed by atoms with Crippen molar-refractivity contribution in [3.63, 3.8) is 0 Å². The zero-order chi connectivity index (χ0) is 10.4. The summed E-state index contributed by atoms with van der Waals surface area (Å²) in [6.45, 7) is 3.04. The van der Waals surface area contributed by atoms with Crippen LogP contribution in [0.1, 0.15) is 20.3 Å². The average Bonchev–Trinajstić information content (AvgIpc) is 2.11. The first kappa shape index (κ1) is 11.9. The highest BCUT2D eigenvalue weighted by molar-refractivity contribution is 5.87. The number of carbonyl (C=O) groups is 2. The van der Waals surface area contributed by atoms with Crippen LogP contribution < -0.4 is 10.6 Å². The van der Waals surface area contributed by atoms with Crippen LogP contribution in [0.15, 0.2) is 0 Å². The summed E-state index contributed by atoms with van der Waals surface area (Å²) in [4.78, 5) is 21.9. The lowest BCUT2D eigenvalue weighted by Gasteiger charge is -2.20. The van der Waals surface area contributed by atoms with E-state index in [4.69, 9.17) is 0 Å². The monoisotopic (exact) mass is 188 g/mol. The topological polar surface area (TPSA) is 78.4 Å². The highest BCUT2D eigenvalue weighted by Crippen LogP contribution is 1.98. The van der Waals surface area contributed by atoms with Gasteiger partial charge in [0.1, 0.15) is 6.04 Å². The van der Waals surface area contributed by atoms with E-state index in [1.807, 2.05) is 0 Å². The van der Waals surface area contributed by atoms with E-state index in [2.05, 4.69) is 10.6 Å². The van der Waals surface area contributed by atoms with Gasteiger partial charge in [0.05, 0.1) is 6.10 Å². The Bertz CT molecular complexity index is 194. The zero-order valence-corrected chi connectivity index (χ0v) is 8.13. The van der Waals surface area contributed by atoms with Crippen molar-refractivity contribution in [1.29, 1.82) is 0 Å². The Morgan fingerprint density at radius 1 is 1.46 bits per heavy atom. The van der Waals surface area contributed by atoms with Gasteiger partial charge in [0.25, 0.3) is 0 Å². The molecule has 5 nitrogen and oxygen atoms in total. The van der Waals surface area contributed by atoms with E-state index in [0.717, 1.165) is 0 Å². The van der Waals surface area contributed by atoms with E-state index in [1.165, 1.54) is 14.0 Å². The van der Waals surface area contributed by atoms with Crippen LogP contribution in [0, 0.1) is 0 Å². The molecule has 2 atom stereocenters. The fraction of sp³-hybridized carbons (Fsp3) is 0.750. The van der Waals surface area contributed by atoms with Crippen molar-refractivity contribution in [3.05, 3.63) is 0 Å². The molecule has 0 radical (unpaired) electrons. The smallest absolute Gasteiger partial charge is 0.245 e. The van der Waals surface area contributed by atoms with Gasteiger partial charge in [0, 0.05) is 14.0 Å². The predicted octanol–water partition coefficient (Wildman–Crippen LogP) is -0.992. The average molecular weight is 188 g/mol. The Balaban J connectivity index is 4.35. The SMILES string of the molecule is CCC(O)C(NC(C)=O)C(=O)NC. The number of likely N-dealkylation sites (N-methyl/N-ethyl adjacent to an activating group) is 1. The highest BCUT2D eigenvalue weighted by Gasteiger charge is 2.24. The van der Waals surface area contributed by atoms with Crippen LogP contribution in [0.5, 0.6) is 0 Å². The minimum atomic E-state index is -0.854. The number of aliphatic hydroxyl groups excluding tert-OH is 1. The van der Waals surface area contributed by atoms with E-state index >= 15 is 0 Å². The molecule has 13 heavy (non-hydrogen) atoms. The van der Waals surface area contributed by atoms with Gasteiger partial charge >= 0.3 is 0 Å². The molecule has 2 amide bonds. The summed E-state index contributed by atoms with van der Waals surface area (Å²) in [7, 11) is 1.46. The van der Waals surface area contributed by atoms with E-state index in [-0.39, 0.29) is 11.8 Å². The second-order valence-electron chi connectivity index (χ2n) is 2.77. The second-order valence-corrected chi connectivity index (χ2v) is 2.77. The van der Waals surface area contributed by atoms with Crippen molar-refractivity contribution in [2.24, 2.45) is 0 Å². The number of rotatable bonds is 4. The molecule has 2 unspecified atom stereocenters. The molecule has 0 aliphatic rings. The molecular weight excluding hydrogens is 172 g/mol. The molecule has 0 rings (SSSR count). The third kappa shape index (κ3) is 3.89. The van der Waals surface area contributed by atoms with Crippen molar-refractivity contribution in [2.75, 3.05) is 7.05 Å². The maximum Gasteiger partial charge on any atom is 0.245 e. The number of aliphatic hydroxyl groups is 1. The van der Waals surface area contributed by atoms with Crippen LogP contribution in [-0.4, -0.2) is 36.1 Å².